The third-order valence-electron chi connectivity index (χ3n) is 4.08. The van der Waals surface area contributed by atoms with Crippen molar-refractivity contribution in [3.8, 4) is 0 Å². The van der Waals surface area contributed by atoms with Gasteiger partial charge in [-0.1, -0.05) is 18.5 Å². The number of nitrogens with zero attached hydrogens (tertiary/aromatic N) is 2. The predicted octanol–water partition coefficient (Wildman–Crippen LogP) is 2.07. The maximum atomic E-state index is 5.56. The molecule has 1 aliphatic rings. The summed E-state index contributed by atoms with van der Waals surface area (Å²) in [6.45, 7) is 6.30. The molecule has 5 nitrogen and oxygen atoms in total. The summed E-state index contributed by atoms with van der Waals surface area (Å²) in [5, 5.41) is 7.53. The van der Waals surface area contributed by atoms with Crippen LogP contribution in [0.1, 0.15) is 51.2 Å². The van der Waals surface area contributed by atoms with Crippen LogP contribution in [0, 0.1) is 0 Å². The minimum absolute atomic E-state index is 0.0849. The largest absolute Gasteiger partial charge is 0.381 e. The fourth-order valence-electron chi connectivity index (χ4n) is 2.85. The monoisotopic (exact) mass is 267 g/mol. The average molecular weight is 267 g/mol. The van der Waals surface area contributed by atoms with E-state index in [1.807, 2.05) is 6.92 Å². The minimum atomic E-state index is 0.0849. The van der Waals surface area contributed by atoms with E-state index in [-0.39, 0.29) is 11.5 Å². The van der Waals surface area contributed by atoms with E-state index in [1.54, 1.807) is 7.11 Å². The molecule has 5 heteroatoms. The van der Waals surface area contributed by atoms with Gasteiger partial charge < -0.3 is 14.6 Å². The Hall–Kier alpha value is -0.940. The van der Waals surface area contributed by atoms with Gasteiger partial charge in [0.1, 0.15) is 0 Å². The van der Waals surface area contributed by atoms with Crippen LogP contribution in [-0.4, -0.2) is 36.4 Å². The maximum absolute atomic E-state index is 5.56. The lowest BCUT2D eigenvalue weighted by Crippen LogP contribution is -2.40. The smallest absolute Gasteiger partial charge is 0.232 e. The molecule has 0 aliphatic carbocycles. The van der Waals surface area contributed by atoms with Gasteiger partial charge in [0.15, 0.2) is 5.82 Å². The number of hydrogen-bond acceptors (Lipinski definition) is 5. The third-order valence-corrected chi connectivity index (χ3v) is 4.08. The van der Waals surface area contributed by atoms with Gasteiger partial charge in [0.2, 0.25) is 5.89 Å². The molecule has 2 heterocycles. The Morgan fingerprint density at radius 1 is 1.42 bits per heavy atom. The first kappa shape index (κ1) is 14.5. The summed E-state index contributed by atoms with van der Waals surface area (Å²) in [5.74, 6) is 1.59. The molecular weight excluding hydrogens is 242 g/mol. The van der Waals surface area contributed by atoms with Gasteiger partial charge in [-0.3, -0.25) is 0 Å². The van der Waals surface area contributed by atoms with E-state index >= 15 is 0 Å². The van der Waals surface area contributed by atoms with Gasteiger partial charge in [0.25, 0.3) is 0 Å². The zero-order valence-corrected chi connectivity index (χ0v) is 12.2. The second-order valence-electron chi connectivity index (χ2n) is 5.55. The number of methoxy groups -OCH3 is 1. The Morgan fingerprint density at radius 2 is 2.16 bits per heavy atom. The quantitative estimate of drug-likeness (QED) is 0.855. The minimum Gasteiger partial charge on any atom is -0.381 e. The van der Waals surface area contributed by atoms with Crippen LogP contribution in [0.3, 0.4) is 0 Å². The van der Waals surface area contributed by atoms with Gasteiger partial charge in [-0.25, -0.2) is 0 Å². The number of ether oxygens (including phenoxy) is 1. The van der Waals surface area contributed by atoms with Crippen LogP contribution in [0.2, 0.25) is 0 Å². The van der Waals surface area contributed by atoms with E-state index < -0.39 is 0 Å². The molecular formula is C14H25N3O2. The van der Waals surface area contributed by atoms with Gasteiger partial charge in [0.05, 0.1) is 11.5 Å². The molecule has 0 radical (unpaired) electrons. The molecule has 1 saturated heterocycles. The predicted molar refractivity (Wildman–Crippen MR) is 73.2 cm³/mol. The Morgan fingerprint density at radius 3 is 2.79 bits per heavy atom. The van der Waals surface area contributed by atoms with Gasteiger partial charge >= 0.3 is 0 Å². The maximum Gasteiger partial charge on any atom is 0.232 e. The van der Waals surface area contributed by atoms with Crippen LogP contribution < -0.4 is 5.32 Å². The standard InChI is InChI=1S/C14H25N3O2/c1-4-5-14(6-8-15-9-7-14)13-16-12(17-19-13)10-11(2)18-3/h11,15H,4-10H2,1-3H3. The summed E-state index contributed by atoms with van der Waals surface area (Å²) in [4.78, 5) is 4.63. The highest BCUT2D eigenvalue weighted by molar-refractivity contribution is 5.08. The summed E-state index contributed by atoms with van der Waals surface area (Å²) in [6.07, 6.45) is 5.27. The lowest BCUT2D eigenvalue weighted by Gasteiger charge is -2.34. The molecule has 0 spiro atoms. The topological polar surface area (TPSA) is 60.2 Å². The lowest BCUT2D eigenvalue weighted by atomic mass is 9.75. The molecule has 1 aromatic rings. The molecule has 0 bridgehead atoms. The third kappa shape index (κ3) is 3.34. The highest BCUT2D eigenvalue weighted by Gasteiger charge is 2.38. The van der Waals surface area contributed by atoms with Gasteiger partial charge in [-0.05, 0) is 39.3 Å². The van der Waals surface area contributed by atoms with Crippen molar-refractivity contribution in [2.24, 2.45) is 0 Å². The molecule has 0 aromatic carbocycles. The highest BCUT2D eigenvalue weighted by Crippen LogP contribution is 2.36. The molecule has 1 aliphatic heterocycles. The van der Waals surface area contributed by atoms with Gasteiger partial charge in [-0.15, -0.1) is 0 Å². The number of hydrogen-bond donors (Lipinski definition) is 1. The number of aromatic nitrogens is 2. The Kier molecular flexibility index (Phi) is 4.93. The first-order valence-electron chi connectivity index (χ1n) is 7.27. The van der Waals surface area contributed by atoms with Crippen LogP contribution >= 0.6 is 0 Å². The fraction of sp³-hybridized carbons (Fsp3) is 0.857. The Balaban J connectivity index is 2.13. The fourth-order valence-corrected chi connectivity index (χ4v) is 2.85. The summed E-state index contributed by atoms with van der Waals surface area (Å²) in [5.41, 5.74) is 0.0849. The Labute approximate surface area is 115 Å². The van der Waals surface area contributed by atoms with Crippen LogP contribution in [-0.2, 0) is 16.6 Å². The molecule has 2 rings (SSSR count). The molecule has 1 N–H and O–H groups in total. The second-order valence-corrected chi connectivity index (χ2v) is 5.55. The van der Waals surface area contributed by atoms with E-state index in [2.05, 4.69) is 22.4 Å². The zero-order chi connectivity index (χ0) is 13.7. The first-order chi connectivity index (χ1) is 9.20. The lowest BCUT2D eigenvalue weighted by molar-refractivity contribution is 0.116. The number of nitrogens with one attached hydrogen (secondary N) is 1. The molecule has 1 fully saturated rings. The van der Waals surface area contributed by atoms with Crippen molar-refractivity contribution in [2.75, 3.05) is 20.2 Å². The average Bonchev–Trinajstić information content (AvgIpc) is 2.89. The van der Waals surface area contributed by atoms with Crippen molar-refractivity contribution < 1.29 is 9.26 Å². The summed E-state index contributed by atoms with van der Waals surface area (Å²) < 4.78 is 10.8. The summed E-state index contributed by atoms with van der Waals surface area (Å²) >= 11 is 0. The zero-order valence-electron chi connectivity index (χ0n) is 12.2. The molecule has 0 amide bonds. The Bertz CT molecular complexity index is 380. The molecule has 1 aromatic heterocycles. The van der Waals surface area contributed by atoms with Crippen LogP contribution in [0.25, 0.3) is 0 Å². The van der Waals surface area contributed by atoms with Crippen molar-refractivity contribution >= 4 is 0 Å². The second kappa shape index (κ2) is 6.48. The van der Waals surface area contributed by atoms with Crippen molar-refractivity contribution in [1.29, 1.82) is 0 Å². The molecule has 19 heavy (non-hydrogen) atoms. The summed E-state index contributed by atoms with van der Waals surface area (Å²) in [6, 6.07) is 0. The van der Waals surface area contributed by atoms with Crippen molar-refractivity contribution in [3.05, 3.63) is 11.7 Å². The highest BCUT2D eigenvalue weighted by atomic mass is 16.5. The van der Waals surface area contributed by atoms with Gasteiger partial charge in [0, 0.05) is 13.5 Å². The van der Waals surface area contributed by atoms with E-state index in [0.29, 0.717) is 6.42 Å². The van der Waals surface area contributed by atoms with Crippen molar-refractivity contribution in [3.63, 3.8) is 0 Å². The van der Waals surface area contributed by atoms with E-state index in [4.69, 9.17) is 9.26 Å². The first-order valence-corrected chi connectivity index (χ1v) is 7.27. The number of piperidine rings is 1. The van der Waals surface area contributed by atoms with E-state index in [0.717, 1.165) is 50.5 Å². The van der Waals surface area contributed by atoms with Crippen LogP contribution in [0.15, 0.2) is 4.52 Å². The van der Waals surface area contributed by atoms with Crippen molar-refractivity contribution in [1.82, 2.24) is 15.5 Å². The van der Waals surface area contributed by atoms with Crippen molar-refractivity contribution in [2.45, 2.75) is 57.5 Å². The van der Waals surface area contributed by atoms with Crippen LogP contribution in [0.5, 0.6) is 0 Å². The molecule has 0 saturated carbocycles. The van der Waals surface area contributed by atoms with Gasteiger partial charge in [-0.2, -0.15) is 4.98 Å². The molecule has 1 atom stereocenters. The number of rotatable bonds is 6. The molecule has 1 unspecified atom stereocenters. The summed E-state index contributed by atoms with van der Waals surface area (Å²) in [7, 11) is 1.71. The SMILES string of the molecule is CCCC1(c2nc(CC(C)OC)no2)CCNCC1. The molecule has 108 valence electrons. The van der Waals surface area contributed by atoms with Crippen LogP contribution in [0.4, 0.5) is 0 Å². The normalized spacial score (nSPS) is 20.4. The van der Waals surface area contributed by atoms with E-state index in [1.165, 1.54) is 0 Å². The van der Waals surface area contributed by atoms with E-state index in [9.17, 15) is 0 Å².